The fourth-order valence-electron chi connectivity index (χ4n) is 1.22. The molecule has 2 rings (SSSR count). The molecule has 0 saturated carbocycles. The largest absolute Gasteiger partial charge is 0.264 e. The third kappa shape index (κ3) is 1.34. The molecule has 0 aliphatic heterocycles. The molecule has 1 nitrogen and oxygen atoms in total. The average Bonchev–Trinajstić information content (AvgIpc) is 2.17. The highest BCUT2D eigenvalue weighted by atomic mass is 79.9. The van der Waals surface area contributed by atoms with Gasteiger partial charge in [0, 0.05) is 23.1 Å². The summed E-state index contributed by atoms with van der Waals surface area (Å²) in [5.74, 6) is 0. The van der Waals surface area contributed by atoms with Crippen molar-refractivity contribution in [3.05, 3.63) is 42.2 Å². The first kappa shape index (κ1) is 7.74. The SMILES string of the molecule is BrCc1ccc2ccncc2c1. The van der Waals surface area contributed by atoms with Gasteiger partial charge in [-0.05, 0) is 23.1 Å². The summed E-state index contributed by atoms with van der Waals surface area (Å²) in [6.45, 7) is 0. The normalized spacial score (nSPS) is 10.4. The third-order valence-electron chi connectivity index (χ3n) is 1.86. The minimum absolute atomic E-state index is 0.901. The van der Waals surface area contributed by atoms with Gasteiger partial charge in [-0.2, -0.15) is 0 Å². The van der Waals surface area contributed by atoms with Gasteiger partial charge in [0.05, 0.1) is 0 Å². The molecule has 0 amide bonds. The quantitative estimate of drug-likeness (QED) is 0.675. The Balaban J connectivity index is 2.67. The van der Waals surface area contributed by atoms with E-state index >= 15 is 0 Å². The van der Waals surface area contributed by atoms with Crippen LogP contribution in [0.4, 0.5) is 0 Å². The smallest absolute Gasteiger partial charge is 0.0346 e. The van der Waals surface area contributed by atoms with Gasteiger partial charge in [0.1, 0.15) is 0 Å². The van der Waals surface area contributed by atoms with Gasteiger partial charge in [-0.25, -0.2) is 0 Å². The first-order chi connectivity index (χ1) is 5.90. The Hall–Kier alpha value is -0.890. The molecule has 0 aliphatic carbocycles. The highest BCUT2D eigenvalue weighted by Gasteiger charge is 1.93. The number of alkyl halides is 1. The van der Waals surface area contributed by atoms with Crippen molar-refractivity contribution >= 4 is 26.7 Å². The van der Waals surface area contributed by atoms with E-state index in [4.69, 9.17) is 0 Å². The number of hydrogen-bond acceptors (Lipinski definition) is 1. The Kier molecular flexibility index (Phi) is 2.09. The second-order valence-electron chi connectivity index (χ2n) is 2.69. The average molecular weight is 222 g/mol. The molecule has 1 heterocycles. The molecule has 2 aromatic rings. The van der Waals surface area contributed by atoms with E-state index in [0.717, 1.165) is 5.33 Å². The van der Waals surface area contributed by atoms with Crippen molar-refractivity contribution in [2.75, 3.05) is 0 Å². The van der Waals surface area contributed by atoms with E-state index < -0.39 is 0 Å². The van der Waals surface area contributed by atoms with Gasteiger partial charge in [-0.15, -0.1) is 0 Å². The van der Waals surface area contributed by atoms with Crippen molar-refractivity contribution in [3.63, 3.8) is 0 Å². The molecule has 0 saturated heterocycles. The summed E-state index contributed by atoms with van der Waals surface area (Å²) < 4.78 is 0. The van der Waals surface area contributed by atoms with Crippen LogP contribution < -0.4 is 0 Å². The maximum absolute atomic E-state index is 4.07. The minimum Gasteiger partial charge on any atom is -0.264 e. The van der Waals surface area contributed by atoms with Gasteiger partial charge < -0.3 is 0 Å². The number of fused-ring (bicyclic) bond motifs is 1. The van der Waals surface area contributed by atoms with E-state index in [9.17, 15) is 0 Å². The van der Waals surface area contributed by atoms with Crippen LogP contribution >= 0.6 is 15.9 Å². The van der Waals surface area contributed by atoms with Crippen LogP contribution in [-0.2, 0) is 5.33 Å². The topological polar surface area (TPSA) is 12.9 Å². The number of halogens is 1. The van der Waals surface area contributed by atoms with Gasteiger partial charge in [-0.3, -0.25) is 4.98 Å². The zero-order chi connectivity index (χ0) is 8.39. The number of rotatable bonds is 1. The summed E-state index contributed by atoms with van der Waals surface area (Å²) in [5.41, 5.74) is 1.29. The van der Waals surface area contributed by atoms with E-state index in [0.29, 0.717) is 0 Å². The van der Waals surface area contributed by atoms with Crippen LogP contribution in [0, 0.1) is 0 Å². The van der Waals surface area contributed by atoms with Gasteiger partial charge >= 0.3 is 0 Å². The van der Waals surface area contributed by atoms with Crippen molar-refractivity contribution in [1.29, 1.82) is 0 Å². The first-order valence-electron chi connectivity index (χ1n) is 3.79. The molecular formula is C10H8BrN. The van der Waals surface area contributed by atoms with Crippen LogP contribution in [0.25, 0.3) is 10.8 Å². The highest BCUT2D eigenvalue weighted by Crippen LogP contribution is 2.15. The highest BCUT2D eigenvalue weighted by molar-refractivity contribution is 9.08. The molecule has 1 aromatic carbocycles. The predicted octanol–water partition coefficient (Wildman–Crippen LogP) is 3.13. The van der Waals surface area contributed by atoms with Crippen LogP contribution in [0.5, 0.6) is 0 Å². The Bertz CT molecular complexity index is 398. The molecule has 0 radical (unpaired) electrons. The fraction of sp³-hybridized carbons (Fsp3) is 0.100. The molecule has 0 unspecified atom stereocenters. The van der Waals surface area contributed by atoms with Crippen molar-refractivity contribution < 1.29 is 0 Å². The standard InChI is InChI=1S/C10H8BrN/c11-6-8-1-2-9-3-4-12-7-10(9)5-8/h1-5,7H,6H2. The Morgan fingerprint density at radius 3 is 2.92 bits per heavy atom. The summed E-state index contributed by atoms with van der Waals surface area (Å²) >= 11 is 3.42. The molecule has 0 N–H and O–H groups in total. The Morgan fingerprint density at radius 2 is 2.08 bits per heavy atom. The van der Waals surface area contributed by atoms with Gasteiger partial charge in [0.25, 0.3) is 0 Å². The van der Waals surface area contributed by atoms with Crippen LogP contribution in [0.3, 0.4) is 0 Å². The van der Waals surface area contributed by atoms with Gasteiger partial charge in [0.15, 0.2) is 0 Å². The van der Waals surface area contributed by atoms with Crippen molar-refractivity contribution in [2.24, 2.45) is 0 Å². The van der Waals surface area contributed by atoms with Gasteiger partial charge in [0.2, 0.25) is 0 Å². The molecule has 1 aromatic heterocycles. The predicted molar refractivity (Wildman–Crippen MR) is 54.4 cm³/mol. The van der Waals surface area contributed by atoms with E-state index in [1.165, 1.54) is 16.3 Å². The molecule has 2 heteroatoms. The molecule has 12 heavy (non-hydrogen) atoms. The molecule has 0 aliphatic rings. The lowest BCUT2D eigenvalue weighted by Crippen LogP contribution is -1.79. The van der Waals surface area contributed by atoms with Crippen LogP contribution in [0.2, 0.25) is 0 Å². The lowest BCUT2D eigenvalue weighted by molar-refractivity contribution is 1.35. The molecule has 0 spiro atoms. The van der Waals surface area contributed by atoms with Crippen LogP contribution in [0.1, 0.15) is 5.56 Å². The maximum atomic E-state index is 4.07. The number of pyridine rings is 1. The monoisotopic (exact) mass is 221 g/mol. The Morgan fingerprint density at radius 1 is 1.17 bits per heavy atom. The summed E-state index contributed by atoms with van der Waals surface area (Å²) in [4.78, 5) is 4.07. The second-order valence-corrected chi connectivity index (χ2v) is 3.25. The molecule has 60 valence electrons. The zero-order valence-electron chi connectivity index (χ0n) is 6.50. The second kappa shape index (κ2) is 3.23. The molecule has 0 fully saturated rings. The molecular weight excluding hydrogens is 214 g/mol. The van der Waals surface area contributed by atoms with Gasteiger partial charge in [-0.1, -0.05) is 28.1 Å². The Labute approximate surface area is 79.6 Å². The summed E-state index contributed by atoms with van der Waals surface area (Å²) in [6, 6.07) is 8.41. The summed E-state index contributed by atoms with van der Waals surface area (Å²) in [6.07, 6.45) is 3.71. The molecule has 0 bridgehead atoms. The molecule has 0 atom stereocenters. The van der Waals surface area contributed by atoms with Crippen molar-refractivity contribution in [2.45, 2.75) is 5.33 Å². The van der Waals surface area contributed by atoms with E-state index in [1.54, 1.807) is 0 Å². The van der Waals surface area contributed by atoms with E-state index in [1.807, 2.05) is 18.5 Å². The third-order valence-corrected chi connectivity index (χ3v) is 2.51. The summed E-state index contributed by atoms with van der Waals surface area (Å²) in [7, 11) is 0. The van der Waals surface area contributed by atoms with Crippen molar-refractivity contribution in [3.8, 4) is 0 Å². The number of hydrogen-bond donors (Lipinski definition) is 0. The minimum atomic E-state index is 0.901. The summed E-state index contributed by atoms with van der Waals surface area (Å²) in [5, 5.41) is 3.35. The van der Waals surface area contributed by atoms with Crippen molar-refractivity contribution in [1.82, 2.24) is 4.98 Å². The van der Waals surface area contributed by atoms with E-state index in [-0.39, 0.29) is 0 Å². The maximum Gasteiger partial charge on any atom is 0.0346 e. The number of nitrogens with zero attached hydrogens (tertiary/aromatic N) is 1. The lowest BCUT2D eigenvalue weighted by atomic mass is 10.1. The van der Waals surface area contributed by atoms with Crippen LogP contribution in [-0.4, -0.2) is 4.98 Å². The fourth-order valence-corrected chi connectivity index (χ4v) is 1.57. The lowest BCUT2D eigenvalue weighted by Gasteiger charge is -1.98. The zero-order valence-corrected chi connectivity index (χ0v) is 8.08. The van der Waals surface area contributed by atoms with E-state index in [2.05, 4.69) is 39.1 Å². The van der Waals surface area contributed by atoms with Crippen LogP contribution in [0.15, 0.2) is 36.7 Å². The number of benzene rings is 1. The number of aromatic nitrogens is 1. The first-order valence-corrected chi connectivity index (χ1v) is 4.91.